The molecule has 676 valence electrons. The van der Waals surface area contributed by atoms with E-state index in [0.717, 1.165) is 27.7 Å². The predicted molar refractivity (Wildman–Crippen MR) is 359 cm³/mol. The van der Waals surface area contributed by atoms with Crippen LogP contribution in [0, 0.1) is 0 Å². The van der Waals surface area contributed by atoms with Gasteiger partial charge in [0.1, 0.15) is 207 Å². The van der Waals surface area contributed by atoms with Gasteiger partial charge in [0.05, 0.1) is 71.1 Å². The fourth-order valence-corrected chi connectivity index (χ4v) is 15.0. The van der Waals surface area contributed by atoms with Crippen LogP contribution in [0.5, 0.6) is 0 Å². The first-order valence-electron chi connectivity index (χ1n) is 37.1. The molecule has 0 aromatic heterocycles. The number of ether oxygens (including phenoxy) is 17. The van der Waals surface area contributed by atoms with Crippen LogP contribution in [0.15, 0.2) is 0 Å². The average Bonchev–Trinajstić information content (AvgIpc) is 0.756. The number of hydrogen-bond donors (Lipinski definition) is 30. The molecule has 117 heavy (non-hydrogen) atoms. The van der Waals surface area contributed by atoms with E-state index in [1.807, 2.05) is 0 Å². The van der Waals surface area contributed by atoms with Crippen LogP contribution in [0.2, 0.25) is 0 Å². The van der Waals surface area contributed by atoms with E-state index < -0.39 is 371 Å². The Morgan fingerprint density at radius 1 is 0.368 bits per heavy atom. The van der Waals surface area contributed by atoms with Gasteiger partial charge in [-0.1, -0.05) is 0 Å². The number of carboxylic acid groups (broad SMARTS) is 1. The minimum absolute atomic E-state index is 0.829. The number of aliphatic carboxylic acids is 1. The lowest BCUT2D eigenvalue weighted by molar-refractivity contribution is -0.400. The van der Waals surface area contributed by atoms with Gasteiger partial charge in [-0.15, -0.1) is 0 Å². The van der Waals surface area contributed by atoms with Gasteiger partial charge >= 0.3 is 5.97 Å². The zero-order valence-corrected chi connectivity index (χ0v) is 63.0. The van der Waals surface area contributed by atoms with E-state index >= 15 is 0 Å². The van der Waals surface area contributed by atoms with E-state index in [1.54, 1.807) is 0 Å². The van der Waals surface area contributed by atoms with Crippen LogP contribution in [0.25, 0.3) is 0 Å². The normalized spacial score (nSPS) is 47.9. The van der Waals surface area contributed by atoms with Gasteiger partial charge in [0.15, 0.2) is 50.3 Å². The lowest BCUT2D eigenvalue weighted by Gasteiger charge is -2.51. The molecule has 9 rings (SSSR count). The molecule has 0 radical (unpaired) electrons. The minimum atomic E-state index is -3.30. The summed E-state index contributed by atoms with van der Waals surface area (Å²) in [6, 6.07) is -7.54. The molecule has 0 unspecified atom stereocenters. The van der Waals surface area contributed by atoms with Crippen LogP contribution in [-0.2, 0) is 104 Å². The number of carbonyl (C=O) groups excluding carboxylic acids is 4. The zero-order chi connectivity index (χ0) is 86.6. The Bertz CT molecular complexity index is 3190. The number of carbonyl (C=O) groups is 5. The Kier molecular flexibility index (Phi) is 34.2. The van der Waals surface area contributed by atoms with Crippen LogP contribution >= 0.6 is 0 Å². The van der Waals surface area contributed by atoms with Gasteiger partial charge in [-0.3, -0.25) is 19.2 Å². The molecular weight excluding hydrogens is 1600 g/mol. The SMILES string of the molecule is CC(=O)N[C@@H]1[C@@H](O)[C@H](O[C@H]2O[C@H](CO)[C@@H](O[C@@H]3O[C@H](CO[C@H]4O[C@H](CO)[C@@H](O)[C@H](O)[C@@H]4O)[C@@H](O)[C@H](O[C@H]4O[C@H](CO)[C@@H](O)[C@H](O)[C@@H]4O[C@@H]4O[C@H](CO)[C@@H](O[C@@H]5O[C@H](CO)[C@H](O)[C@H](O[C@]6(C(=O)O)C[C@H](O)[C@@H](NC(C)=O)[C@H]([C@H](O)[C@H](O)CO)O6)[C@H]5O)[C@H](O)[C@H]4NC(C)=O)[C@@H]3O)[C@H](O)[C@H]2NC(C)=O)[C@@H](CO[C@H]2O[C@H](C)[C@H](O)[C@H](O)[C@H]2O)O[C@H]1O. The highest BCUT2D eigenvalue weighted by Gasteiger charge is 2.63. The molecule has 0 spiro atoms. The molecule has 4 amide bonds. The molecule has 9 aliphatic rings. The number of hydrogen-bond acceptors (Lipinski definition) is 47. The van der Waals surface area contributed by atoms with Gasteiger partial charge in [-0.05, 0) is 6.92 Å². The number of rotatable bonds is 31. The summed E-state index contributed by atoms with van der Waals surface area (Å²) in [6.45, 7) is -3.95. The summed E-state index contributed by atoms with van der Waals surface area (Å²) in [5.74, 6) is -9.15. The highest BCUT2D eigenvalue weighted by Crippen LogP contribution is 2.42. The quantitative estimate of drug-likeness (QED) is 0.0306. The third-order valence-electron chi connectivity index (χ3n) is 21.3. The second-order valence-corrected chi connectivity index (χ2v) is 29.6. The van der Waals surface area contributed by atoms with Crippen molar-refractivity contribution in [2.24, 2.45) is 0 Å². The Labute approximate surface area is 662 Å². The highest BCUT2D eigenvalue weighted by molar-refractivity contribution is 5.77. The largest absolute Gasteiger partial charge is 0.477 e. The maximum Gasteiger partial charge on any atom is 0.364 e. The van der Waals surface area contributed by atoms with Crippen molar-refractivity contribution >= 4 is 29.6 Å². The molecule has 0 saturated carbocycles. The topological polar surface area (TPSA) is 816 Å². The smallest absolute Gasteiger partial charge is 0.364 e. The second-order valence-electron chi connectivity index (χ2n) is 29.6. The van der Waals surface area contributed by atoms with E-state index in [1.165, 1.54) is 6.92 Å². The van der Waals surface area contributed by atoms with Crippen LogP contribution in [0.3, 0.4) is 0 Å². The minimum Gasteiger partial charge on any atom is -0.477 e. The number of aliphatic hydroxyl groups excluding tert-OH is 25. The summed E-state index contributed by atoms with van der Waals surface area (Å²) in [5, 5.41) is 298. The fraction of sp³-hybridized carbons (Fsp3) is 0.923. The van der Waals surface area contributed by atoms with E-state index in [-0.39, 0.29) is 0 Å². The standard InChI is InChI=1S/C65H108N4O48/c1-15-33(82)42(91)45(94)59(103-15)102-14-28-51(39(88)30(56(98)104-28)67-17(3)77)111-57-31(68-18(4)78)40(89)49(25(11-74)108-57)112-61-47(96)53(38(87)27(110-61)13-101-60-46(95)43(92)35(84)22(8-71)105-60)114-63-55(44(93)36(85)23(9-72)107-63)115-58-32(69-19(5)79)41(90)50(26(12-75)109-58)113-62-48(97)54(37(86)24(10-73)106-62)117-65(64(99)100)6-20(80)29(66-16(2)76)52(116-65)34(83)21(81)7-70/h15,20-63,70-75,80-98H,6-14H2,1-5H3,(H,66,76)(H,67,77)(H,68,78)(H,69,79)(H,99,100)/t15-,20+,21-,22-,23-,24-,25-,26-,27-,28-,29-,30-,31-,32-,33+,34-,35-,36-,37+,38-,39-,40-,41-,42+,43+,44+,45-,46+,47+,48-,49-,50-,51-,52-,53+,54+,55+,56-,57-,58+,59+,60+,61+,62+,63-,65+/m1/s1. The van der Waals surface area contributed by atoms with Crippen molar-refractivity contribution < 1.29 is 237 Å². The molecule has 0 aliphatic carbocycles. The van der Waals surface area contributed by atoms with Crippen molar-refractivity contribution in [1.29, 1.82) is 0 Å². The number of nitrogens with one attached hydrogen (secondary N) is 4. The predicted octanol–water partition coefficient (Wildman–Crippen LogP) is -19.8. The third-order valence-corrected chi connectivity index (χ3v) is 21.3. The maximum atomic E-state index is 13.2. The summed E-state index contributed by atoms with van der Waals surface area (Å²) < 4.78 is 99.9. The molecule has 52 nitrogen and oxygen atoms in total. The van der Waals surface area contributed by atoms with Gasteiger partial charge in [0, 0.05) is 34.1 Å². The van der Waals surface area contributed by atoms with Crippen LogP contribution in [0.1, 0.15) is 41.0 Å². The van der Waals surface area contributed by atoms with Crippen molar-refractivity contribution in [2.75, 3.05) is 52.9 Å². The first kappa shape index (κ1) is 96.5. The van der Waals surface area contributed by atoms with Gasteiger partial charge in [-0.25, -0.2) is 4.79 Å². The monoisotopic (exact) mass is 1710 g/mol. The van der Waals surface area contributed by atoms with E-state index in [0.29, 0.717) is 0 Å². The van der Waals surface area contributed by atoms with Crippen molar-refractivity contribution in [1.82, 2.24) is 21.3 Å². The molecular formula is C65H108N4O48. The first-order valence-corrected chi connectivity index (χ1v) is 37.1. The van der Waals surface area contributed by atoms with Crippen LogP contribution in [0.4, 0.5) is 0 Å². The van der Waals surface area contributed by atoms with Crippen molar-refractivity contribution in [3.05, 3.63) is 0 Å². The Hall–Kier alpha value is -4.33. The van der Waals surface area contributed by atoms with E-state index in [4.69, 9.17) is 80.5 Å². The summed E-state index contributed by atoms with van der Waals surface area (Å²) in [4.78, 5) is 64.1. The lowest BCUT2D eigenvalue weighted by Crippen LogP contribution is -2.71. The molecule has 0 bridgehead atoms. The molecule has 30 N–H and O–H groups in total. The van der Waals surface area contributed by atoms with Gasteiger partial charge < -0.3 is 235 Å². The average molecular weight is 1710 g/mol. The molecule has 9 aliphatic heterocycles. The Morgan fingerprint density at radius 2 is 0.744 bits per heavy atom. The first-order chi connectivity index (χ1) is 55.1. The molecule has 9 fully saturated rings. The molecule has 9 saturated heterocycles. The zero-order valence-electron chi connectivity index (χ0n) is 63.0. The molecule has 0 aromatic carbocycles. The van der Waals surface area contributed by atoms with Crippen LogP contribution < -0.4 is 21.3 Å². The van der Waals surface area contributed by atoms with Crippen molar-refractivity contribution in [3.8, 4) is 0 Å². The highest BCUT2D eigenvalue weighted by atomic mass is 16.8. The second kappa shape index (κ2) is 41.4. The summed E-state index contributed by atoms with van der Waals surface area (Å²) in [6.07, 6.45) is -88.0. The summed E-state index contributed by atoms with van der Waals surface area (Å²) in [5.41, 5.74) is 0. The number of carboxylic acids is 1. The lowest BCUT2D eigenvalue weighted by atomic mass is 9.88. The van der Waals surface area contributed by atoms with Crippen molar-refractivity contribution in [2.45, 2.75) is 323 Å². The molecule has 0 aromatic rings. The van der Waals surface area contributed by atoms with Gasteiger partial charge in [-0.2, -0.15) is 0 Å². The number of amides is 4. The molecule has 46 atom stereocenters. The fourth-order valence-electron chi connectivity index (χ4n) is 15.0. The summed E-state index contributed by atoms with van der Waals surface area (Å²) in [7, 11) is 0. The Morgan fingerprint density at radius 3 is 1.24 bits per heavy atom. The van der Waals surface area contributed by atoms with E-state index in [2.05, 4.69) is 21.3 Å². The van der Waals surface area contributed by atoms with Crippen molar-refractivity contribution in [3.63, 3.8) is 0 Å². The maximum absolute atomic E-state index is 13.2. The van der Waals surface area contributed by atoms with Gasteiger partial charge in [0.2, 0.25) is 23.6 Å². The third kappa shape index (κ3) is 21.4. The number of aliphatic hydroxyl groups is 25. The Balaban J connectivity index is 1.00. The molecule has 52 heteroatoms. The molecule has 9 heterocycles. The van der Waals surface area contributed by atoms with E-state index in [9.17, 15) is 157 Å². The summed E-state index contributed by atoms with van der Waals surface area (Å²) >= 11 is 0. The van der Waals surface area contributed by atoms with Gasteiger partial charge in [0.25, 0.3) is 5.79 Å². The van der Waals surface area contributed by atoms with Crippen LogP contribution in [-0.4, -0.2) is 497 Å².